The summed E-state index contributed by atoms with van der Waals surface area (Å²) in [5, 5.41) is 5.03. The number of nitrogens with zero attached hydrogens (tertiary/aromatic N) is 1. The molecule has 9 nitrogen and oxygen atoms in total. The highest BCUT2D eigenvalue weighted by atomic mass is 79.9. The van der Waals surface area contributed by atoms with E-state index in [1.807, 2.05) is 26.0 Å². The highest BCUT2D eigenvalue weighted by molar-refractivity contribution is 9.11. The number of imide groups is 2. The number of para-hydroxylation sites is 1. The van der Waals surface area contributed by atoms with E-state index in [4.69, 9.17) is 9.47 Å². The molecule has 1 fully saturated rings. The van der Waals surface area contributed by atoms with Crippen LogP contribution in [0.2, 0.25) is 0 Å². The number of carbonyl (C=O) groups excluding carboxylic acids is 4. The molecule has 11 heteroatoms. The van der Waals surface area contributed by atoms with Crippen molar-refractivity contribution in [3.63, 3.8) is 0 Å². The van der Waals surface area contributed by atoms with Crippen molar-refractivity contribution in [3.05, 3.63) is 85.8 Å². The lowest BCUT2D eigenvalue weighted by molar-refractivity contribution is -0.122. The third-order valence-corrected chi connectivity index (χ3v) is 7.21. The molecule has 0 spiro atoms. The summed E-state index contributed by atoms with van der Waals surface area (Å²) in [6.45, 7) is 5.72. The number of halogens is 2. The van der Waals surface area contributed by atoms with E-state index in [9.17, 15) is 19.2 Å². The molecule has 3 aromatic carbocycles. The monoisotopic (exact) mass is 669 g/mol. The molecule has 40 heavy (non-hydrogen) atoms. The standard InChI is InChI=1S/C29H25Br2N3O6/c1-4-39-24-14-18(12-20-27(36)33-29(38)34(28(20)37)19-8-6-5-7-9-19)13-22(31)26(24)40-15-25(35)32-23-11-17(3)16(2)10-21(23)30/h5-14H,4,15H2,1-3H3,(H,32,35)(H,33,36,38)/b20-12-. The summed E-state index contributed by atoms with van der Waals surface area (Å²) in [7, 11) is 0. The van der Waals surface area contributed by atoms with Crippen molar-refractivity contribution in [2.45, 2.75) is 20.8 Å². The lowest BCUT2D eigenvalue weighted by Gasteiger charge is -2.26. The van der Waals surface area contributed by atoms with Gasteiger partial charge < -0.3 is 14.8 Å². The normalized spacial score (nSPS) is 14.3. The number of anilines is 2. The van der Waals surface area contributed by atoms with Gasteiger partial charge in [0.25, 0.3) is 17.7 Å². The summed E-state index contributed by atoms with van der Waals surface area (Å²) >= 11 is 6.91. The molecule has 0 saturated carbocycles. The van der Waals surface area contributed by atoms with Crippen LogP contribution in [0.25, 0.3) is 6.08 Å². The summed E-state index contributed by atoms with van der Waals surface area (Å²) < 4.78 is 12.7. The van der Waals surface area contributed by atoms with Gasteiger partial charge in [0.2, 0.25) is 0 Å². The number of aryl methyl sites for hydroxylation is 2. The SMILES string of the molecule is CCOc1cc(/C=C2/C(=O)NC(=O)N(c3ccccc3)C2=O)cc(Br)c1OCC(=O)Nc1cc(C)c(C)cc1Br. The Hall–Kier alpha value is -3.96. The molecule has 1 heterocycles. The minimum Gasteiger partial charge on any atom is -0.490 e. The second-order valence-electron chi connectivity index (χ2n) is 8.81. The molecule has 4 rings (SSSR count). The Labute approximate surface area is 247 Å². The van der Waals surface area contributed by atoms with Crippen molar-refractivity contribution in [1.82, 2.24) is 5.32 Å². The second kappa shape index (κ2) is 12.5. The van der Waals surface area contributed by atoms with Crippen LogP contribution in [0, 0.1) is 13.8 Å². The van der Waals surface area contributed by atoms with Gasteiger partial charge in [0.15, 0.2) is 18.1 Å². The van der Waals surface area contributed by atoms with E-state index in [1.54, 1.807) is 49.4 Å². The third kappa shape index (κ3) is 6.43. The van der Waals surface area contributed by atoms with Gasteiger partial charge in [-0.1, -0.05) is 18.2 Å². The van der Waals surface area contributed by atoms with Crippen molar-refractivity contribution in [3.8, 4) is 11.5 Å². The molecule has 0 bridgehead atoms. The molecule has 0 atom stereocenters. The lowest BCUT2D eigenvalue weighted by Crippen LogP contribution is -2.54. The highest BCUT2D eigenvalue weighted by Crippen LogP contribution is 2.38. The fraction of sp³-hybridized carbons (Fsp3) is 0.172. The van der Waals surface area contributed by atoms with E-state index in [0.717, 1.165) is 20.5 Å². The van der Waals surface area contributed by atoms with E-state index >= 15 is 0 Å². The van der Waals surface area contributed by atoms with E-state index in [0.29, 0.717) is 33.8 Å². The van der Waals surface area contributed by atoms with Gasteiger partial charge in [-0.05, 0) is 112 Å². The van der Waals surface area contributed by atoms with Crippen LogP contribution in [0.15, 0.2) is 69.1 Å². The quantitative estimate of drug-likeness (QED) is 0.228. The molecule has 0 radical (unpaired) electrons. The minimum atomic E-state index is -0.829. The smallest absolute Gasteiger partial charge is 0.335 e. The van der Waals surface area contributed by atoms with E-state index in [1.165, 1.54) is 6.08 Å². The van der Waals surface area contributed by atoms with Crippen molar-refractivity contribution in [2.24, 2.45) is 0 Å². The van der Waals surface area contributed by atoms with Crippen LogP contribution >= 0.6 is 31.9 Å². The van der Waals surface area contributed by atoms with Crippen LogP contribution in [0.5, 0.6) is 11.5 Å². The molecule has 206 valence electrons. The number of hydrogen-bond donors (Lipinski definition) is 2. The van der Waals surface area contributed by atoms with Crippen LogP contribution in [-0.4, -0.2) is 37.0 Å². The number of urea groups is 1. The molecule has 5 amide bonds. The molecule has 0 unspecified atom stereocenters. The summed E-state index contributed by atoms with van der Waals surface area (Å²) in [6, 6.07) is 14.5. The van der Waals surface area contributed by atoms with Crippen LogP contribution in [0.3, 0.4) is 0 Å². The first-order valence-electron chi connectivity index (χ1n) is 12.2. The average molecular weight is 671 g/mol. The Morgan fingerprint density at radius 3 is 2.38 bits per heavy atom. The Morgan fingerprint density at radius 2 is 1.68 bits per heavy atom. The Morgan fingerprint density at radius 1 is 0.975 bits per heavy atom. The number of nitrogens with one attached hydrogen (secondary N) is 2. The van der Waals surface area contributed by atoms with Crippen molar-refractivity contribution >= 4 is 73.1 Å². The summed E-state index contributed by atoms with van der Waals surface area (Å²) in [6.07, 6.45) is 1.36. The van der Waals surface area contributed by atoms with Crippen LogP contribution < -0.4 is 25.0 Å². The first kappa shape index (κ1) is 29.0. The zero-order valence-electron chi connectivity index (χ0n) is 21.8. The summed E-state index contributed by atoms with van der Waals surface area (Å²) in [4.78, 5) is 51.7. The molecule has 3 aromatic rings. The number of hydrogen-bond acceptors (Lipinski definition) is 6. The van der Waals surface area contributed by atoms with Crippen molar-refractivity contribution in [2.75, 3.05) is 23.4 Å². The minimum absolute atomic E-state index is 0.232. The van der Waals surface area contributed by atoms with Crippen LogP contribution in [0.4, 0.5) is 16.2 Å². The molecule has 0 aliphatic carbocycles. The first-order chi connectivity index (χ1) is 19.1. The first-order valence-corrected chi connectivity index (χ1v) is 13.8. The van der Waals surface area contributed by atoms with Crippen molar-refractivity contribution < 1.29 is 28.7 Å². The molecular formula is C29H25Br2N3O6. The van der Waals surface area contributed by atoms with Gasteiger partial charge >= 0.3 is 6.03 Å². The molecule has 1 saturated heterocycles. The maximum absolute atomic E-state index is 13.2. The van der Waals surface area contributed by atoms with E-state index in [2.05, 4.69) is 42.5 Å². The molecule has 1 aliphatic heterocycles. The fourth-order valence-corrected chi connectivity index (χ4v) is 5.04. The van der Waals surface area contributed by atoms with Gasteiger partial charge in [-0.15, -0.1) is 0 Å². The van der Waals surface area contributed by atoms with Gasteiger partial charge in [-0.3, -0.25) is 19.7 Å². The topological polar surface area (TPSA) is 114 Å². The third-order valence-electron chi connectivity index (χ3n) is 5.96. The number of rotatable bonds is 8. The second-order valence-corrected chi connectivity index (χ2v) is 10.5. The van der Waals surface area contributed by atoms with Crippen LogP contribution in [0.1, 0.15) is 23.6 Å². The van der Waals surface area contributed by atoms with Gasteiger partial charge in [0.05, 0.1) is 22.5 Å². The number of barbiturate groups is 1. The van der Waals surface area contributed by atoms with Gasteiger partial charge in [0, 0.05) is 4.47 Å². The van der Waals surface area contributed by atoms with Gasteiger partial charge in [-0.2, -0.15) is 0 Å². The van der Waals surface area contributed by atoms with Crippen molar-refractivity contribution in [1.29, 1.82) is 0 Å². The molecular weight excluding hydrogens is 646 g/mol. The molecule has 2 N–H and O–H groups in total. The highest BCUT2D eigenvalue weighted by Gasteiger charge is 2.36. The zero-order chi connectivity index (χ0) is 29.0. The van der Waals surface area contributed by atoms with Crippen LogP contribution in [-0.2, 0) is 14.4 Å². The number of ether oxygens (including phenoxy) is 2. The Bertz CT molecular complexity index is 1540. The zero-order valence-corrected chi connectivity index (χ0v) is 25.0. The van der Waals surface area contributed by atoms with E-state index < -0.39 is 17.8 Å². The van der Waals surface area contributed by atoms with Gasteiger partial charge in [-0.25, -0.2) is 9.69 Å². The largest absolute Gasteiger partial charge is 0.490 e. The number of carbonyl (C=O) groups is 4. The maximum atomic E-state index is 13.2. The van der Waals surface area contributed by atoms with Gasteiger partial charge in [0.1, 0.15) is 5.57 Å². The number of benzene rings is 3. The predicted molar refractivity (Wildman–Crippen MR) is 158 cm³/mol. The molecule has 1 aliphatic rings. The lowest BCUT2D eigenvalue weighted by atomic mass is 10.1. The summed E-state index contributed by atoms with van der Waals surface area (Å²) in [5.41, 5.74) is 3.28. The predicted octanol–water partition coefficient (Wildman–Crippen LogP) is 5.91. The average Bonchev–Trinajstić information content (AvgIpc) is 2.90. The number of amides is 5. The molecule has 0 aromatic heterocycles. The Kier molecular flexibility index (Phi) is 9.06. The summed E-state index contributed by atoms with van der Waals surface area (Å²) in [5.74, 6) is -1.38. The Balaban J connectivity index is 1.57. The van der Waals surface area contributed by atoms with E-state index in [-0.39, 0.29) is 23.8 Å². The fourth-order valence-electron chi connectivity index (χ4n) is 3.91. The maximum Gasteiger partial charge on any atom is 0.335 e.